The van der Waals surface area contributed by atoms with E-state index in [0.29, 0.717) is 5.56 Å². The minimum atomic E-state index is -2.63. The summed E-state index contributed by atoms with van der Waals surface area (Å²) in [6, 6.07) is 172. The fraction of sp³-hybridized carbons (Fsp3) is 0. The zero-order valence-electron chi connectivity index (χ0n) is 66.2. The van der Waals surface area contributed by atoms with Crippen molar-refractivity contribution in [2.24, 2.45) is 0 Å². The van der Waals surface area contributed by atoms with Crippen molar-refractivity contribution in [3.8, 4) is 95.6 Å². The first kappa shape index (κ1) is 71.6. The number of rotatable bonds is 14. The van der Waals surface area contributed by atoms with Crippen molar-refractivity contribution in [3.63, 3.8) is 0 Å². The van der Waals surface area contributed by atoms with Gasteiger partial charge >= 0.3 is 0 Å². The zero-order valence-corrected chi connectivity index (χ0v) is 67.2. The maximum absolute atomic E-state index is 9.49. The number of hydrogen-bond acceptors (Lipinski definition) is 1. The Morgan fingerprint density at radius 2 is 0.372 bits per heavy atom. The molecule has 121 heavy (non-hydrogen) atoms. The molecule has 0 spiro atoms. The quantitative estimate of drug-likeness (QED) is 0.0790. The van der Waals surface area contributed by atoms with Crippen LogP contribution in [-0.4, -0.2) is 26.3 Å². The lowest BCUT2D eigenvalue weighted by Gasteiger charge is -2.34. The molecule has 0 saturated heterocycles. The Morgan fingerprint density at radius 3 is 0.678 bits per heavy atom. The van der Waals surface area contributed by atoms with Crippen molar-refractivity contribution >= 4 is 116 Å². The molecule has 0 unspecified atom stereocenters. The summed E-state index contributed by atoms with van der Waals surface area (Å²) in [5, 5.41) is 24.9. The monoisotopic (exact) mass is 1560 g/mol. The highest BCUT2D eigenvalue weighted by Crippen LogP contribution is 2.43. The summed E-state index contributed by atoms with van der Waals surface area (Å²) in [4.78, 5) is 0. The summed E-state index contributed by atoms with van der Waals surface area (Å²) >= 11 is 0. The Kier molecular flexibility index (Phi) is 17.9. The molecule has 23 aromatic rings. The molecule has 0 radical (unpaired) electrons. The highest BCUT2D eigenvalue weighted by Gasteiger charge is 2.41. The summed E-state index contributed by atoms with van der Waals surface area (Å²) in [7, 11) is -2.63. The van der Waals surface area contributed by atoms with E-state index in [4.69, 9.17) is 0 Å². The fourth-order valence-corrected chi connectivity index (χ4v) is 23.8. The maximum Gasteiger partial charge on any atom is 0.179 e. The van der Waals surface area contributed by atoms with Gasteiger partial charge in [0.1, 0.15) is 0 Å². The average Bonchev–Trinajstić information content (AvgIpc) is 1.04. The first-order valence-electron chi connectivity index (χ1n) is 41.4. The van der Waals surface area contributed by atoms with Crippen LogP contribution in [0.3, 0.4) is 0 Å². The van der Waals surface area contributed by atoms with Gasteiger partial charge in [-0.15, -0.1) is 0 Å². The third-order valence-corrected chi connectivity index (χ3v) is 29.4. The van der Waals surface area contributed by atoms with Crippen LogP contribution in [0.4, 0.5) is 0 Å². The van der Waals surface area contributed by atoms with Crippen LogP contribution in [0.1, 0.15) is 5.56 Å². The Hall–Kier alpha value is -15.9. The topological polar surface area (TPSA) is 43.5 Å². The predicted octanol–water partition coefficient (Wildman–Crippen LogP) is 27.0. The summed E-state index contributed by atoms with van der Waals surface area (Å²) < 4.78 is 9.59. The SMILES string of the molecule is N#Cc1cccc(-c2cccc(-n3c4ccccc4c4cc(-c5ccc6c(c5)c5ccccc5n6-c5cccc(-c6ccccc6)c5)ccc43)c2)c1.c1ccc(-c2cccc(-n3c4ccccc4c4cc(-c5ccc6c(c5)c5ccccc5n6-c5cccc(-c6ccc([Si](c7ccccc7)(c7ccccc7)c7ccccc7)cc6)c5)ccc43)c2)cc1. The van der Waals surface area contributed by atoms with Crippen molar-refractivity contribution in [2.75, 3.05) is 0 Å². The van der Waals surface area contributed by atoms with Crippen LogP contribution in [0.2, 0.25) is 0 Å². The van der Waals surface area contributed by atoms with Crippen molar-refractivity contribution in [3.05, 3.63) is 473 Å². The largest absolute Gasteiger partial charge is 0.309 e. The molecule has 6 heteroatoms. The highest BCUT2D eigenvalue weighted by atomic mass is 28.3. The maximum atomic E-state index is 9.49. The van der Waals surface area contributed by atoms with Gasteiger partial charge in [0.05, 0.1) is 55.8 Å². The van der Waals surface area contributed by atoms with Crippen LogP contribution in [0, 0.1) is 11.3 Å². The van der Waals surface area contributed by atoms with E-state index < -0.39 is 8.07 Å². The van der Waals surface area contributed by atoms with Crippen LogP contribution in [0.5, 0.6) is 0 Å². The van der Waals surface area contributed by atoms with E-state index >= 15 is 0 Å². The Balaban J connectivity index is 0.000000151. The molecule has 0 aliphatic carbocycles. The van der Waals surface area contributed by atoms with Crippen LogP contribution in [-0.2, 0) is 0 Å². The van der Waals surface area contributed by atoms with Gasteiger partial charge in [0.25, 0.3) is 0 Å². The first-order chi connectivity index (χ1) is 59.9. The predicted molar refractivity (Wildman–Crippen MR) is 511 cm³/mol. The molecule has 19 aromatic carbocycles. The van der Waals surface area contributed by atoms with Crippen LogP contribution in [0.15, 0.2) is 467 Å². The van der Waals surface area contributed by atoms with Crippen LogP contribution >= 0.6 is 0 Å². The van der Waals surface area contributed by atoms with Gasteiger partial charge in [0, 0.05) is 65.8 Å². The molecule has 0 aliphatic heterocycles. The van der Waals surface area contributed by atoms with Gasteiger partial charge in [-0.3, -0.25) is 0 Å². The molecule has 0 fully saturated rings. The standard InChI is InChI=1S/C66H46N2Si.C49H31N3/c1-5-19-47(20-6-1)49-21-17-23-53(43-49)67-63-33-15-13-31-59(63)61-45-51(37-41-65(61)67)52-38-42-66-62(46-52)60-32-14-16-34-64(60)68(66)54-24-18-22-50(44-54)48-35-39-58(40-36-48)69(55-25-7-2-8-26-55,56-27-9-3-10-28-56)57-29-11-4-12-30-57;50-32-33-11-8-14-35(27-33)37-16-10-18-41(29-37)52-47-22-7-5-20-43(47)45-31-39(24-26-49(45)52)38-23-25-48-44(30-38)42-19-4-6-21-46(42)51(48)40-17-9-15-36(28-40)34-12-2-1-3-13-34/h1-46H;1-31H. The lowest BCUT2D eigenvalue weighted by atomic mass is 10.0. The smallest absolute Gasteiger partial charge is 0.179 e. The first-order valence-corrected chi connectivity index (χ1v) is 43.4. The van der Waals surface area contributed by atoms with Gasteiger partial charge in [0.15, 0.2) is 8.07 Å². The van der Waals surface area contributed by atoms with Crippen molar-refractivity contribution in [2.45, 2.75) is 0 Å². The van der Waals surface area contributed by atoms with Crippen molar-refractivity contribution in [1.82, 2.24) is 18.3 Å². The van der Waals surface area contributed by atoms with E-state index in [-0.39, 0.29) is 0 Å². The van der Waals surface area contributed by atoms with E-state index in [1.54, 1.807) is 0 Å². The number of aromatic nitrogens is 4. The van der Waals surface area contributed by atoms with Gasteiger partial charge in [-0.2, -0.15) is 5.26 Å². The number of hydrogen-bond donors (Lipinski definition) is 0. The van der Waals surface area contributed by atoms with E-state index in [2.05, 4.69) is 473 Å². The molecule has 4 heterocycles. The summed E-state index contributed by atoms with van der Waals surface area (Å²) in [5.74, 6) is 0. The van der Waals surface area contributed by atoms with E-state index in [1.807, 2.05) is 18.2 Å². The molecule has 23 rings (SSSR count). The third-order valence-electron chi connectivity index (χ3n) is 24.6. The van der Waals surface area contributed by atoms with Crippen molar-refractivity contribution < 1.29 is 0 Å². The molecule has 0 aliphatic rings. The molecule has 5 nitrogen and oxygen atoms in total. The molecule has 0 bridgehead atoms. The molecule has 566 valence electrons. The Morgan fingerprint density at radius 1 is 0.157 bits per heavy atom. The lowest BCUT2D eigenvalue weighted by Crippen LogP contribution is -2.74. The van der Waals surface area contributed by atoms with Crippen LogP contribution in [0.25, 0.3) is 177 Å². The number of para-hydroxylation sites is 4. The molecule has 0 saturated carbocycles. The minimum Gasteiger partial charge on any atom is -0.309 e. The average molecular weight is 1560 g/mol. The summed E-state index contributed by atoms with van der Waals surface area (Å²) in [5.41, 5.74) is 28.8. The second-order valence-corrected chi connectivity index (χ2v) is 35.2. The summed E-state index contributed by atoms with van der Waals surface area (Å²) in [6.07, 6.45) is 0. The van der Waals surface area contributed by atoms with E-state index in [0.717, 1.165) is 44.9 Å². The molecule has 0 amide bonds. The normalized spacial score (nSPS) is 11.6. The Labute approximate surface area is 703 Å². The fourth-order valence-electron chi connectivity index (χ4n) is 19.0. The molecular weight excluding hydrogens is 1480 g/mol. The zero-order chi connectivity index (χ0) is 80.3. The number of nitrogens with zero attached hydrogens (tertiary/aromatic N) is 5. The van der Waals surface area contributed by atoms with Gasteiger partial charge in [-0.05, 0) is 221 Å². The van der Waals surface area contributed by atoms with Gasteiger partial charge in [-0.25, -0.2) is 0 Å². The van der Waals surface area contributed by atoms with Gasteiger partial charge in [-0.1, -0.05) is 334 Å². The van der Waals surface area contributed by atoms with E-state index in [9.17, 15) is 5.26 Å². The number of benzene rings is 19. The Bertz CT molecular complexity index is 7850. The molecule has 0 atom stereocenters. The number of fused-ring (bicyclic) bond motifs is 12. The second-order valence-electron chi connectivity index (χ2n) is 31.4. The summed E-state index contributed by atoms with van der Waals surface area (Å²) in [6.45, 7) is 0. The highest BCUT2D eigenvalue weighted by molar-refractivity contribution is 7.19. The van der Waals surface area contributed by atoms with Crippen molar-refractivity contribution in [1.29, 1.82) is 5.26 Å². The van der Waals surface area contributed by atoms with Crippen LogP contribution < -0.4 is 20.7 Å². The lowest BCUT2D eigenvalue weighted by molar-refractivity contribution is 1.18. The molecular formula is C115H77N5Si. The van der Waals surface area contributed by atoms with E-state index in [1.165, 1.54) is 153 Å². The number of nitriles is 1. The third kappa shape index (κ3) is 12.5. The van der Waals surface area contributed by atoms with Gasteiger partial charge < -0.3 is 18.3 Å². The minimum absolute atomic E-state index is 0.660. The molecule has 4 aromatic heterocycles. The molecule has 0 N–H and O–H groups in total. The second kappa shape index (κ2) is 30.3. The van der Waals surface area contributed by atoms with Gasteiger partial charge in [0.2, 0.25) is 0 Å².